The highest BCUT2D eigenvalue weighted by Crippen LogP contribution is 2.29. The van der Waals surface area contributed by atoms with Crippen LogP contribution in [0.25, 0.3) is 0 Å². The van der Waals surface area contributed by atoms with Gasteiger partial charge in [0.15, 0.2) is 0 Å². The molecule has 19 heavy (non-hydrogen) atoms. The van der Waals surface area contributed by atoms with Crippen LogP contribution < -0.4 is 5.32 Å². The van der Waals surface area contributed by atoms with Gasteiger partial charge in [0.2, 0.25) is 0 Å². The minimum absolute atomic E-state index is 0.268. The summed E-state index contributed by atoms with van der Waals surface area (Å²) in [5.41, 5.74) is 5.01. The quantitative estimate of drug-likeness (QED) is 0.686. The Balaban J connectivity index is 2.25. The molecule has 0 saturated carbocycles. The lowest BCUT2D eigenvalue weighted by Gasteiger charge is -2.18. The van der Waals surface area contributed by atoms with Crippen LogP contribution in [0.5, 0.6) is 0 Å². The molecule has 0 aliphatic heterocycles. The molecule has 0 fully saturated rings. The minimum atomic E-state index is 0.268. The zero-order valence-electron chi connectivity index (χ0n) is 11.3. The van der Waals surface area contributed by atoms with Crippen molar-refractivity contribution < 1.29 is 0 Å². The van der Waals surface area contributed by atoms with E-state index in [0.29, 0.717) is 0 Å². The topological polar surface area (TPSA) is 12.0 Å². The van der Waals surface area contributed by atoms with E-state index in [1.165, 1.54) is 16.7 Å². The van der Waals surface area contributed by atoms with E-state index in [-0.39, 0.29) is 6.04 Å². The second kappa shape index (κ2) is 6.10. The zero-order valence-corrected chi connectivity index (χ0v) is 14.5. The Morgan fingerprint density at radius 2 is 1.58 bits per heavy atom. The van der Waals surface area contributed by atoms with E-state index >= 15 is 0 Å². The highest BCUT2D eigenvalue weighted by Gasteiger charge is 2.09. The average Bonchev–Trinajstić information content (AvgIpc) is 2.32. The molecule has 2 aromatic carbocycles. The summed E-state index contributed by atoms with van der Waals surface area (Å²) in [6.45, 7) is 6.46. The summed E-state index contributed by atoms with van der Waals surface area (Å²) in [5.74, 6) is 0. The number of aryl methyl sites for hydroxylation is 2. The third kappa shape index (κ3) is 3.83. The van der Waals surface area contributed by atoms with Crippen LogP contribution in [0.4, 0.5) is 5.69 Å². The second-order valence-corrected chi connectivity index (χ2v) is 6.68. The standard InChI is InChI=1S/C16H17Br2N/c1-10-6-11(2)8-13(7-10)12(3)19-16-9-14(17)4-5-15(16)18/h4-9,12,19H,1-3H3. The Labute approximate surface area is 131 Å². The molecule has 1 nitrogen and oxygen atoms in total. The summed E-state index contributed by atoms with van der Waals surface area (Å²) in [6.07, 6.45) is 0. The zero-order chi connectivity index (χ0) is 14.0. The van der Waals surface area contributed by atoms with Gasteiger partial charge in [-0.1, -0.05) is 45.3 Å². The molecule has 1 atom stereocenters. The molecule has 0 aliphatic carbocycles. The van der Waals surface area contributed by atoms with E-state index in [4.69, 9.17) is 0 Å². The van der Waals surface area contributed by atoms with Gasteiger partial charge in [0, 0.05) is 15.0 Å². The maximum Gasteiger partial charge on any atom is 0.0500 e. The number of hydrogen-bond acceptors (Lipinski definition) is 1. The molecule has 0 radical (unpaired) electrons. The van der Waals surface area contributed by atoms with E-state index in [0.717, 1.165) is 14.6 Å². The smallest absolute Gasteiger partial charge is 0.0500 e. The van der Waals surface area contributed by atoms with Crippen molar-refractivity contribution in [3.8, 4) is 0 Å². The number of rotatable bonds is 3. The summed E-state index contributed by atoms with van der Waals surface area (Å²) in [7, 11) is 0. The normalized spacial score (nSPS) is 12.3. The molecule has 0 spiro atoms. The van der Waals surface area contributed by atoms with Crippen LogP contribution >= 0.6 is 31.9 Å². The summed E-state index contributed by atoms with van der Waals surface area (Å²) < 4.78 is 2.15. The van der Waals surface area contributed by atoms with Crippen molar-refractivity contribution in [2.75, 3.05) is 5.32 Å². The fraction of sp³-hybridized carbons (Fsp3) is 0.250. The average molecular weight is 383 g/mol. The van der Waals surface area contributed by atoms with E-state index in [9.17, 15) is 0 Å². The summed E-state index contributed by atoms with van der Waals surface area (Å²) in [6, 6.07) is 13.1. The summed E-state index contributed by atoms with van der Waals surface area (Å²) >= 11 is 7.08. The molecular formula is C16H17Br2N. The van der Waals surface area contributed by atoms with Crippen molar-refractivity contribution in [2.45, 2.75) is 26.8 Å². The highest BCUT2D eigenvalue weighted by atomic mass is 79.9. The maximum absolute atomic E-state index is 3.58. The molecule has 1 N–H and O–H groups in total. The third-order valence-corrected chi connectivity index (χ3v) is 4.23. The fourth-order valence-corrected chi connectivity index (χ4v) is 2.91. The lowest BCUT2D eigenvalue weighted by molar-refractivity contribution is 0.879. The van der Waals surface area contributed by atoms with Crippen molar-refractivity contribution in [2.24, 2.45) is 0 Å². The van der Waals surface area contributed by atoms with Gasteiger partial charge in [-0.2, -0.15) is 0 Å². The van der Waals surface area contributed by atoms with Crippen molar-refractivity contribution in [3.05, 3.63) is 62.0 Å². The van der Waals surface area contributed by atoms with E-state index in [1.54, 1.807) is 0 Å². The Kier molecular flexibility index (Phi) is 4.69. The van der Waals surface area contributed by atoms with E-state index < -0.39 is 0 Å². The first kappa shape index (κ1) is 14.6. The molecule has 0 bridgehead atoms. The van der Waals surface area contributed by atoms with Crippen LogP contribution in [0.1, 0.15) is 29.7 Å². The van der Waals surface area contributed by atoms with Gasteiger partial charge in [0.05, 0.1) is 5.69 Å². The van der Waals surface area contributed by atoms with Crippen LogP contribution in [-0.2, 0) is 0 Å². The predicted octanol–water partition coefficient (Wildman–Crippen LogP) is 6.00. The van der Waals surface area contributed by atoms with Crippen molar-refractivity contribution in [3.63, 3.8) is 0 Å². The molecule has 1 unspecified atom stereocenters. The molecule has 0 aromatic heterocycles. The minimum Gasteiger partial charge on any atom is -0.378 e. The van der Waals surface area contributed by atoms with Gasteiger partial charge in [0.1, 0.15) is 0 Å². The van der Waals surface area contributed by atoms with E-state index in [2.05, 4.69) is 82.2 Å². The summed E-state index contributed by atoms with van der Waals surface area (Å²) in [5, 5.41) is 3.54. The lowest BCUT2D eigenvalue weighted by Crippen LogP contribution is -2.07. The molecule has 100 valence electrons. The molecule has 0 aliphatic rings. The predicted molar refractivity (Wildman–Crippen MR) is 89.8 cm³/mol. The molecule has 0 saturated heterocycles. The van der Waals surface area contributed by atoms with Crippen LogP contribution in [-0.4, -0.2) is 0 Å². The number of nitrogens with one attached hydrogen (secondary N) is 1. The molecule has 2 rings (SSSR count). The number of anilines is 1. The molecule has 0 amide bonds. The Hall–Kier alpha value is -0.800. The van der Waals surface area contributed by atoms with Crippen LogP contribution in [0.3, 0.4) is 0 Å². The Bertz CT molecular complexity index is 573. The maximum atomic E-state index is 3.58. The monoisotopic (exact) mass is 381 g/mol. The summed E-state index contributed by atoms with van der Waals surface area (Å²) in [4.78, 5) is 0. The highest BCUT2D eigenvalue weighted by molar-refractivity contribution is 9.11. The first-order valence-corrected chi connectivity index (χ1v) is 7.84. The SMILES string of the molecule is Cc1cc(C)cc(C(C)Nc2cc(Br)ccc2Br)c1. The van der Waals surface area contributed by atoms with Crippen LogP contribution in [0, 0.1) is 13.8 Å². The largest absolute Gasteiger partial charge is 0.378 e. The van der Waals surface area contributed by atoms with Crippen molar-refractivity contribution in [1.82, 2.24) is 0 Å². The van der Waals surface area contributed by atoms with E-state index in [1.807, 2.05) is 12.1 Å². The number of hydrogen-bond donors (Lipinski definition) is 1. The fourth-order valence-electron chi connectivity index (χ4n) is 2.18. The third-order valence-electron chi connectivity index (χ3n) is 3.04. The molecule has 0 heterocycles. The first-order chi connectivity index (χ1) is 8.95. The molecule has 2 aromatic rings. The van der Waals surface area contributed by atoms with Crippen LogP contribution in [0.2, 0.25) is 0 Å². The van der Waals surface area contributed by atoms with Crippen molar-refractivity contribution in [1.29, 1.82) is 0 Å². The first-order valence-electron chi connectivity index (χ1n) is 6.25. The van der Waals surface area contributed by atoms with Gasteiger partial charge in [0.25, 0.3) is 0 Å². The number of halogens is 2. The van der Waals surface area contributed by atoms with Gasteiger partial charge >= 0.3 is 0 Å². The van der Waals surface area contributed by atoms with Crippen molar-refractivity contribution >= 4 is 37.5 Å². The molecule has 3 heteroatoms. The van der Waals surface area contributed by atoms with Gasteiger partial charge < -0.3 is 5.32 Å². The number of benzene rings is 2. The van der Waals surface area contributed by atoms with Gasteiger partial charge in [-0.25, -0.2) is 0 Å². The van der Waals surface area contributed by atoms with Gasteiger partial charge in [-0.05, 0) is 60.5 Å². The Morgan fingerprint density at radius 1 is 0.947 bits per heavy atom. The van der Waals surface area contributed by atoms with Gasteiger partial charge in [-0.15, -0.1) is 0 Å². The lowest BCUT2D eigenvalue weighted by atomic mass is 10.0. The molecular weight excluding hydrogens is 366 g/mol. The van der Waals surface area contributed by atoms with Gasteiger partial charge in [-0.3, -0.25) is 0 Å². The van der Waals surface area contributed by atoms with Crippen LogP contribution in [0.15, 0.2) is 45.3 Å². The second-order valence-electron chi connectivity index (χ2n) is 4.91. The Morgan fingerprint density at radius 3 is 2.21 bits per heavy atom.